The van der Waals surface area contributed by atoms with Gasteiger partial charge in [-0.1, -0.05) is 29.8 Å². The zero-order valence-corrected chi connectivity index (χ0v) is 17.4. The Morgan fingerprint density at radius 3 is 2.73 bits per heavy atom. The minimum atomic E-state index is -0.557. The highest BCUT2D eigenvalue weighted by Crippen LogP contribution is 2.30. The molecule has 0 radical (unpaired) electrons. The van der Waals surface area contributed by atoms with Crippen molar-refractivity contribution in [3.8, 4) is 17.3 Å². The van der Waals surface area contributed by atoms with Gasteiger partial charge in [-0.2, -0.15) is 5.26 Å². The summed E-state index contributed by atoms with van der Waals surface area (Å²) >= 11 is 7.40. The largest absolute Gasteiger partial charge is 0.354 e. The molecule has 3 aromatic heterocycles. The normalized spacial score (nSPS) is 11.6. The van der Waals surface area contributed by atoms with Crippen LogP contribution in [0.15, 0.2) is 66.4 Å². The monoisotopic (exact) mass is 432 g/mol. The van der Waals surface area contributed by atoms with Crippen LogP contribution < -0.4 is 5.32 Å². The maximum atomic E-state index is 9.78. The lowest BCUT2D eigenvalue weighted by Crippen LogP contribution is -2.10. The van der Waals surface area contributed by atoms with Crippen LogP contribution in [0.25, 0.3) is 11.3 Å². The van der Waals surface area contributed by atoms with Crippen LogP contribution in [0.5, 0.6) is 0 Å². The highest BCUT2D eigenvalue weighted by atomic mass is 35.5. The molecule has 0 bridgehead atoms. The fraction of sp³-hybridized carbons (Fsp3) is 0.136. The quantitative estimate of drug-likeness (QED) is 0.444. The Hall–Kier alpha value is -3.34. The highest BCUT2D eigenvalue weighted by molar-refractivity contribution is 7.10. The molecule has 6 nitrogen and oxygen atoms in total. The molecule has 1 atom stereocenters. The number of nitrogens with zero attached hydrogens (tertiary/aromatic N) is 5. The standard InChI is InChI=1S/C22H17ClN6S/c23-17-5-3-16(4-6-17)20-14-30-21(28-20)18(12-24)19-8-11-27-22(29-19)26-10-7-15-2-1-9-25-13-15/h1-6,8-9,11,13-14,18H,7,10H2,(H,26,27,29). The zero-order chi connectivity index (χ0) is 20.8. The number of rotatable bonds is 7. The van der Waals surface area contributed by atoms with Gasteiger partial charge in [0.1, 0.15) is 10.9 Å². The summed E-state index contributed by atoms with van der Waals surface area (Å²) in [5.41, 5.74) is 3.52. The van der Waals surface area contributed by atoms with E-state index >= 15 is 0 Å². The number of nitrogens with one attached hydrogen (secondary N) is 1. The van der Waals surface area contributed by atoms with Gasteiger partial charge in [0.25, 0.3) is 0 Å². The Labute approximate surface area is 183 Å². The molecule has 1 aromatic carbocycles. The van der Waals surface area contributed by atoms with Crippen molar-refractivity contribution >= 4 is 28.9 Å². The van der Waals surface area contributed by atoms with Gasteiger partial charge in [0.15, 0.2) is 0 Å². The maximum absolute atomic E-state index is 9.78. The number of anilines is 1. The molecular formula is C22H17ClN6S. The first-order chi connectivity index (χ1) is 14.7. The molecule has 3 heterocycles. The molecule has 4 rings (SSSR count). The third kappa shape index (κ3) is 4.79. The van der Waals surface area contributed by atoms with E-state index in [1.165, 1.54) is 11.3 Å². The third-order valence-electron chi connectivity index (χ3n) is 4.43. The molecule has 1 N–H and O–H groups in total. The van der Waals surface area contributed by atoms with Gasteiger partial charge >= 0.3 is 0 Å². The number of aromatic nitrogens is 4. The lowest BCUT2D eigenvalue weighted by Gasteiger charge is -2.09. The van der Waals surface area contributed by atoms with Crippen LogP contribution in [0, 0.1) is 11.3 Å². The van der Waals surface area contributed by atoms with E-state index in [0.29, 0.717) is 28.2 Å². The van der Waals surface area contributed by atoms with E-state index in [4.69, 9.17) is 11.6 Å². The second-order valence-electron chi connectivity index (χ2n) is 6.48. The molecule has 0 amide bonds. The van der Waals surface area contributed by atoms with Gasteiger partial charge in [0, 0.05) is 41.1 Å². The fourth-order valence-corrected chi connectivity index (χ4v) is 3.91. The second-order valence-corrected chi connectivity index (χ2v) is 7.81. The highest BCUT2D eigenvalue weighted by Gasteiger charge is 2.20. The van der Waals surface area contributed by atoms with Crippen molar-refractivity contribution in [2.75, 3.05) is 11.9 Å². The topological polar surface area (TPSA) is 87.4 Å². The average Bonchev–Trinajstić information content (AvgIpc) is 3.26. The van der Waals surface area contributed by atoms with Crippen LogP contribution in [0.1, 0.15) is 22.2 Å². The molecule has 0 saturated heterocycles. The molecule has 1 unspecified atom stereocenters. The maximum Gasteiger partial charge on any atom is 0.222 e. The summed E-state index contributed by atoms with van der Waals surface area (Å²) in [6, 6.07) is 15.5. The average molecular weight is 433 g/mol. The van der Waals surface area contributed by atoms with Crippen molar-refractivity contribution in [2.24, 2.45) is 0 Å². The number of thiazole rings is 1. The van der Waals surface area contributed by atoms with E-state index in [0.717, 1.165) is 23.2 Å². The molecule has 0 aliphatic rings. The van der Waals surface area contributed by atoms with Crippen molar-refractivity contribution in [1.29, 1.82) is 5.26 Å². The van der Waals surface area contributed by atoms with E-state index in [-0.39, 0.29) is 0 Å². The summed E-state index contributed by atoms with van der Waals surface area (Å²) in [5, 5.41) is 16.3. The van der Waals surface area contributed by atoms with Crippen molar-refractivity contribution in [2.45, 2.75) is 12.3 Å². The molecule has 0 saturated carbocycles. The van der Waals surface area contributed by atoms with Gasteiger partial charge in [0.2, 0.25) is 5.95 Å². The summed E-state index contributed by atoms with van der Waals surface area (Å²) < 4.78 is 0. The van der Waals surface area contributed by atoms with Crippen LogP contribution in [-0.2, 0) is 6.42 Å². The smallest absolute Gasteiger partial charge is 0.222 e. The molecule has 30 heavy (non-hydrogen) atoms. The first-order valence-corrected chi connectivity index (χ1v) is 10.6. The van der Waals surface area contributed by atoms with Crippen LogP contribution in [0.4, 0.5) is 5.95 Å². The predicted molar refractivity (Wildman–Crippen MR) is 118 cm³/mol. The lowest BCUT2D eigenvalue weighted by atomic mass is 10.1. The Morgan fingerprint density at radius 1 is 1.10 bits per heavy atom. The summed E-state index contributed by atoms with van der Waals surface area (Å²) in [5.74, 6) is -0.0657. The minimum Gasteiger partial charge on any atom is -0.354 e. The van der Waals surface area contributed by atoms with Crippen molar-refractivity contribution in [3.05, 3.63) is 87.7 Å². The molecule has 0 spiro atoms. The Kier molecular flexibility index (Phi) is 6.28. The molecule has 8 heteroatoms. The van der Waals surface area contributed by atoms with Crippen molar-refractivity contribution < 1.29 is 0 Å². The van der Waals surface area contributed by atoms with Gasteiger partial charge in [-0.25, -0.2) is 15.0 Å². The predicted octanol–water partition coefficient (Wildman–Crippen LogP) is 4.96. The fourth-order valence-electron chi connectivity index (χ4n) is 2.90. The van der Waals surface area contributed by atoms with Crippen molar-refractivity contribution in [1.82, 2.24) is 19.9 Å². The summed E-state index contributed by atoms with van der Waals surface area (Å²) in [4.78, 5) is 17.6. The molecule has 0 aliphatic heterocycles. The summed E-state index contributed by atoms with van der Waals surface area (Å²) in [6.45, 7) is 0.671. The van der Waals surface area contributed by atoms with Crippen molar-refractivity contribution in [3.63, 3.8) is 0 Å². The van der Waals surface area contributed by atoms with E-state index < -0.39 is 5.92 Å². The van der Waals surface area contributed by atoms with Crippen LogP contribution in [0.2, 0.25) is 5.02 Å². The third-order valence-corrected chi connectivity index (χ3v) is 5.59. The first-order valence-electron chi connectivity index (χ1n) is 9.29. The van der Waals surface area contributed by atoms with Gasteiger partial charge in [-0.15, -0.1) is 11.3 Å². The van der Waals surface area contributed by atoms with E-state index in [1.807, 2.05) is 48.0 Å². The minimum absolute atomic E-state index is 0.492. The SMILES string of the molecule is N#CC(c1ccnc(NCCc2cccnc2)n1)c1nc(-c2ccc(Cl)cc2)cs1. The number of hydrogen-bond acceptors (Lipinski definition) is 7. The number of halogens is 1. The van der Waals surface area contributed by atoms with Crippen LogP contribution in [-0.4, -0.2) is 26.5 Å². The molecule has 0 aliphatic carbocycles. The van der Waals surface area contributed by atoms with E-state index in [9.17, 15) is 5.26 Å². The number of pyridine rings is 1. The van der Waals surface area contributed by atoms with Gasteiger partial charge in [-0.3, -0.25) is 4.98 Å². The Bertz CT molecular complexity index is 1150. The molecular weight excluding hydrogens is 416 g/mol. The Balaban J connectivity index is 1.48. The summed E-state index contributed by atoms with van der Waals surface area (Å²) in [7, 11) is 0. The lowest BCUT2D eigenvalue weighted by molar-refractivity contribution is 0.913. The van der Waals surface area contributed by atoms with E-state index in [1.54, 1.807) is 18.5 Å². The number of benzene rings is 1. The van der Waals surface area contributed by atoms with Crippen LogP contribution >= 0.6 is 22.9 Å². The van der Waals surface area contributed by atoms with Gasteiger partial charge in [-0.05, 0) is 36.2 Å². The first kappa shape index (κ1) is 20.0. The van der Waals surface area contributed by atoms with Crippen LogP contribution in [0.3, 0.4) is 0 Å². The summed E-state index contributed by atoms with van der Waals surface area (Å²) in [6.07, 6.45) is 6.06. The second kappa shape index (κ2) is 9.44. The Morgan fingerprint density at radius 2 is 1.97 bits per heavy atom. The van der Waals surface area contributed by atoms with Gasteiger partial charge in [0.05, 0.1) is 17.5 Å². The van der Waals surface area contributed by atoms with E-state index in [2.05, 4.69) is 31.3 Å². The zero-order valence-electron chi connectivity index (χ0n) is 15.9. The number of hydrogen-bond donors (Lipinski definition) is 1. The molecule has 0 fully saturated rings. The van der Waals surface area contributed by atoms with Gasteiger partial charge < -0.3 is 5.32 Å². The number of nitriles is 1. The molecule has 4 aromatic rings. The molecule has 148 valence electrons.